The maximum atomic E-state index is 12.2. The molecule has 1 aromatic heterocycles. The van der Waals surface area contributed by atoms with E-state index in [0.29, 0.717) is 10.0 Å². The monoisotopic (exact) mass is 414 g/mol. The van der Waals surface area contributed by atoms with Gasteiger partial charge in [-0.3, -0.25) is 14.7 Å². The van der Waals surface area contributed by atoms with Crippen molar-refractivity contribution in [2.75, 3.05) is 31.1 Å². The maximum absolute atomic E-state index is 12.2. The highest BCUT2D eigenvalue weighted by atomic mass is 35.5. The molecular weight excluding hydrogens is 395 g/mol. The van der Waals surface area contributed by atoms with E-state index in [4.69, 9.17) is 28.9 Å². The summed E-state index contributed by atoms with van der Waals surface area (Å²) in [5, 5.41) is 2.39. The fourth-order valence-corrected chi connectivity index (χ4v) is 4.10. The standard InChI is InChI=1S/C21H20Cl2N4O/c22-15-3-1-14(2-4-15)20(21(24)28)27-11-9-26(10-12-27)19-7-8-25-18-13-16(23)5-6-17(18)19/h1-8,13,20H,9-12H2,(H2,24,28). The largest absolute Gasteiger partial charge is 0.368 e. The molecule has 0 bridgehead atoms. The third-order valence-electron chi connectivity index (χ3n) is 5.16. The van der Waals surface area contributed by atoms with Crippen LogP contribution in [0, 0.1) is 0 Å². The molecule has 1 unspecified atom stereocenters. The highest BCUT2D eigenvalue weighted by Crippen LogP contribution is 2.30. The summed E-state index contributed by atoms with van der Waals surface area (Å²) in [6.45, 7) is 3.04. The van der Waals surface area contributed by atoms with Crippen LogP contribution in [0.15, 0.2) is 54.7 Å². The Hall–Kier alpha value is -2.34. The Morgan fingerprint density at radius 1 is 0.964 bits per heavy atom. The van der Waals surface area contributed by atoms with Gasteiger partial charge in [-0.1, -0.05) is 35.3 Å². The Kier molecular flexibility index (Phi) is 5.40. The summed E-state index contributed by atoms with van der Waals surface area (Å²) in [6.07, 6.45) is 1.81. The number of hydrogen-bond donors (Lipinski definition) is 1. The Labute approximate surface area is 173 Å². The molecule has 1 amide bonds. The van der Waals surface area contributed by atoms with Gasteiger partial charge in [0.15, 0.2) is 0 Å². The predicted octanol–water partition coefficient (Wildman–Crippen LogP) is 3.89. The van der Waals surface area contributed by atoms with Gasteiger partial charge in [0, 0.05) is 53.5 Å². The van der Waals surface area contributed by atoms with Crippen LogP contribution in [0.4, 0.5) is 5.69 Å². The van der Waals surface area contributed by atoms with Crippen molar-refractivity contribution >= 4 is 45.7 Å². The Morgan fingerprint density at radius 3 is 2.32 bits per heavy atom. The SMILES string of the molecule is NC(=O)C(c1ccc(Cl)cc1)N1CCN(c2ccnc3cc(Cl)ccc23)CC1. The predicted molar refractivity (Wildman–Crippen MR) is 114 cm³/mol. The molecule has 0 saturated carbocycles. The number of fused-ring (bicyclic) bond motifs is 1. The molecule has 2 heterocycles. The number of amides is 1. The van der Waals surface area contributed by atoms with Crippen LogP contribution >= 0.6 is 23.2 Å². The van der Waals surface area contributed by atoms with Crippen molar-refractivity contribution < 1.29 is 4.79 Å². The number of primary amides is 1. The second-order valence-electron chi connectivity index (χ2n) is 6.87. The minimum Gasteiger partial charge on any atom is -0.368 e. The molecule has 4 rings (SSSR count). The molecule has 2 N–H and O–H groups in total. The molecule has 3 aromatic rings. The number of hydrogen-bond acceptors (Lipinski definition) is 4. The number of benzene rings is 2. The van der Waals surface area contributed by atoms with Crippen LogP contribution in [-0.4, -0.2) is 42.0 Å². The summed E-state index contributed by atoms with van der Waals surface area (Å²) in [5.41, 5.74) is 8.60. The summed E-state index contributed by atoms with van der Waals surface area (Å²) in [7, 11) is 0. The van der Waals surface area contributed by atoms with E-state index in [1.54, 1.807) is 18.3 Å². The Morgan fingerprint density at radius 2 is 1.64 bits per heavy atom. The zero-order valence-corrected chi connectivity index (χ0v) is 16.7. The number of anilines is 1. The average molecular weight is 415 g/mol. The third-order valence-corrected chi connectivity index (χ3v) is 5.64. The van der Waals surface area contributed by atoms with Crippen molar-refractivity contribution in [3.8, 4) is 0 Å². The molecule has 1 aliphatic heterocycles. The smallest absolute Gasteiger partial charge is 0.239 e. The summed E-state index contributed by atoms with van der Waals surface area (Å²) in [5.74, 6) is -0.347. The van der Waals surface area contributed by atoms with Crippen molar-refractivity contribution in [3.63, 3.8) is 0 Å². The van der Waals surface area contributed by atoms with Crippen LogP contribution in [0.2, 0.25) is 10.0 Å². The van der Waals surface area contributed by atoms with Gasteiger partial charge in [0.05, 0.1) is 5.52 Å². The second kappa shape index (κ2) is 7.95. The van der Waals surface area contributed by atoms with Crippen molar-refractivity contribution in [2.24, 2.45) is 5.73 Å². The molecule has 0 radical (unpaired) electrons. The first kappa shape index (κ1) is 19.0. The summed E-state index contributed by atoms with van der Waals surface area (Å²) >= 11 is 12.1. The van der Waals surface area contributed by atoms with Crippen LogP contribution < -0.4 is 10.6 Å². The number of carbonyl (C=O) groups is 1. The first-order valence-corrected chi connectivity index (χ1v) is 9.86. The lowest BCUT2D eigenvalue weighted by molar-refractivity contribution is -0.123. The first-order chi connectivity index (χ1) is 13.5. The lowest BCUT2D eigenvalue weighted by Gasteiger charge is -2.39. The normalized spacial score (nSPS) is 16.3. The van der Waals surface area contributed by atoms with Crippen molar-refractivity contribution in [1.29, 1.82) is 0 Å². The van der Waals surface area contributed by atoms with Gasteiger partial charge in [-0.05, 0) is 42.0 Å². The number of rotatable bonds is 4. The van der Waals surface area contributed by atoms with E-state index in [9.17, 15) is 4.79 Å². The van der Waals surface area contributed by atoms with E-state index >= 15 is 0 Å². The lowest BCUT2D eigenvalue weighted by atomic mass is 10.0. The number of pyridine rings is 1. The summed E-state index contributed by atoms with van der Waals surface area (Å²) in [4.78, 5) is 21.0. The molecule has 1 atom stereocenters. The number of piperazine rings is 1. The fourth-order valence-electron chi connectivity index (χ4n) is 3.80. The van der Waals surface area contributed by atoms with Crippen molar-refractivity contribution in [2.45, 2.75) is 6.04 Å². The van der Waals surface area contributed by atoms with Gasteiger partial charge in [0.1, 0.15) is 6.04 Å². The zero-order valence-electron chi connectivity index (χ0n) is 15.2. The molecule has 28 heavy (non-hydrogen) atoms. The number of carbonyl (C=O) groups excluding carboxylic acids is 1. The molecule has 1 saturated heterocycles. The molecule has 1 aliphatic rings. The lowest BCUT2D eigenvalue weighted by Crippen LogP contribution is -2.50. The van der Waals surface area contributed by atoms with E-state index in [1.165, 1.54) is 0 Å². The van der Waals surface area contributed by atoms with Crippen LogP contribution in [0.3, 0.4) is 0 Å². The van der Waals surface area contributed by atoms with E-state index in [0.717, 1.165) is 48.3 Å². The summed E-state index contributed by atoms with van der Waals surface area (Å²) in [6, 6.07) is 14.6. The first-order valence-electron chi connectivity index (χ1n) is 9.11. The van der Waals surface area contributed by atoms with Gasteiger partial charge in [0.25, 0.3) is 0 Å². The third kappa shape index (κ3) is 3.78. The van der Waals surface area contributed by atoms with Gasteiger partial charge in [-0.2, -0.15) is 0 Å². The molecule has 144 valence electrons. The fraction of sp³-hybridized carbons (Fsp3) is 0.238. The van der Waals surface area contributed by atoms with E-state index < -0.39 is 6.04 Å². The van der Waals surface area contributed by atoms with Crippen molar-refractivity contribution in [3.05, 3.63) is 70.3 Å². The molecule has 7 heteroatoms. The molecule has 5 nitrogen and oxygen atoms in total. The Balaban J connectivity index is 1.54. The van der Waals surface area contributed by atoms with Crippen LogP contribution in [0.5, 0.6) is 0 Å². The van der Waals surface area contributed by atoms with Crippen LogP contribution in [0.1, 0.15) is 11.6 Å². The van der Waals surface area contributed by atoms with Gasteiger partial charge in [0.2, 0.25) is 5.91 Å². The van der Waals surface area contributed by atoms with E-state index in [-0.39, 0.29) is 5.91 Å². The van der Waals surface area contributed by atoms with Gasteiger partial charge >= 0.3 is 0 Å². The Bertz CT molecular complexity index is 1000. The highest BCUT2D eigenvalue weighted by molar-refractivity contribution is 6.31. The molecule has 2 aromatic carbocycles. The van der Waals surface area contributed by atoms with Gasteiger partial charge < -0.3 is 10.6 Å². The number of halogens is 2. The minimum absolute atomic E-state index is 0.347. The highest BCUT2D eigenvalue weighted by Gasteiger charge is 2.29. The topological polar surface area (TPSA) is 62.5 Å². The minimum atomic E-state index is -0.451. The van der Waals surface area contributed by atoms with Gasteiger partial charge in [-0.15, -0.1) is 0 Å². The summed E-state index contributed by atoms with van der Waals surface area (Å²) < 4.78 is 0. The maximum Gasteiger partial charge on any atom is 0.239 e. The molecular formula is C21H20Cl2N4O. The van der Waals surface area contributed by atoms with E-state index in [2.05, 4.69) is 14.8 Å². The van der Waals surface area contributed by atoms with Crippen LogP contribution in [-0.2, 0) is 4.79 Å². The van der Waals surface area contributed by atoms with Gasteiger partial charge in [-0.25, -0.2) is 0 Å². The number of nitrogens with two attached hydrogens (primary N) is 1. The number of nitrogens with zero attached hydrogens (tertiary/aromatic N) is 3. The average Bonchev–Trinajstić information content (AvgIpc) is 2.69. The molecule has 1 fully saturated rings. The molecule has 0 aliphatic carbocycles. The van der Waals surface area contributed by atoms with E-state index in [1.807, 2.05) is 36.4 Å². The molecule has 0 spiro atoms. The quantitative estimate of drug-likeness (QED) is 0.703. The second-order valence-corrected chi connectivity index (χ2v) is 7.74. The zero-order chi connectivity index (χ0) is 19.7. The number of aromatic nitrogens is 1. The van der Waals surface area contributed by atoms with Crippen LogP contribution in [0.25, 0.3) is 10.9 Å². The van der Waals surface area contributed by atoms with Crippen molar-refractivity contribution in [1.82, 2.24) is 9.88 Å².